The number of benzene rings is 2. The fraction of sp³-hybridized carbons (Fsp3) is 0.100. The molecule has 3 rings (SSSR count). The van der Waals surface area contributed by atoms with Gasteiger partial charge in [-0.05, 0) is 12.1 Å². The molecule has 1 aromatic heterocycles. The molecule has 3 aromatic rings. The summed E-state index contributed by atoms with van der Waals surface area (Å²) >= 11 is 0. The molecule has 0 atom stereocenters. The molecule has 0 saturated heterocycles. The van der Waals surface area contributed by atoms with Gasteiger partial charge in [0.2, 0.25) is 0 Å². The van der Waals surface area contributed by atoms with E-state index < -0.39 is 7.28 Å². The molecule has 0 aliphatic rings. The van der Waals surface area contributed by atoms with Gasteiger partial charge >= 0.3 is 106 Å². The van der Waals surface area contributed by atoms with Gasteiger partial charge in [0.05, 0.1) is 0 Å². The summed E-state index contributed by atoms with van der Waals surface area (Å²) < 4.78 is 5.43. The van der Waals surface area contributed by atoms with Gasteiger partial charge in [-0.15, -0.1) is 0 Å². The number of carbonyl (C=O) groups is 1. The van der Waals surface area contributed by atoms with E-state index in [9.17, 15) is 14.6 Å². The summed E-state index contributed by atoms with van der Waals surface area (Å²) in [6.07, 6.45) is 3.92. The van der Waals surface area contributed by atoms with Gasteiger partial charge in [-0.25, -0.2) is 0 Å². The quantitative estimate of drug-likeness (QED) is 0.533. The van der Waals surface area contributed by atoms with Crippen LogP contribution in [0.2, 0.25) is 0 Å². The third kappa shape index (κ3) is 4.59. The molecule has 5 nitrogen and oxygen atoms in total. The molecule has 0 aliphatic carbocycles. The van der Waals surface area contributed by atoms with Gasteiger partial charge in [0, 0.05) is 18.0 Å². The Hall–Kier alpha value is -2.43. The molecule has 0 amide bonds. The minimum atomic E-state index is -4.49. The van der Waals surface area contributed by atoms with E-state index in [0.717, 1.165) is 6.29 Å². The number of rotatable bonds is 5. The van der Waals surface area contributed by atoms with Gasteiger partial charge in [0.25, 0.3) is 0 Å². The molecule has 0 radical (unpaired) electrons. The maximum Gasteiger partial charge on any atom is 0.151 e. The van der Waals surface area contributed by atoms with Crippen LogP contribution in [0.3, 0.4) is 0 Å². The van der Waals surface area contributed by atoms with Crippen molar-refractivity contribution in [2.45, 2.75) is 6.92 Å². The Morgan fingerprint density at radius 2 is 1.46 bits per heavy atom. The van der Waals surface area contributed by atoms with Gasteiger partial charge < -0.3 is 0 Å². The number of aromatic nitrogens is 1. The first-order valence-electron chi connectivity index (χ1n) is 8.13. The molecule has 0 bridgehead atoms. The second-order valence-electron chi connectivity index (χ2n) is 5.44. The van der Waals surface area contributed by atoms with Crippen LogP contribution >= 0.6 is 7.28 Å². The van der Waals surface area contributed by atoms with Crippen LogP contribution in [0, 0.1) is 0 Å². The van der Waals surface area contributed by atoms with Crippen LogP contribution in [0.15, 0.2) is 85.2 Å². The predicted octanol–water partition coefficient (Wildman–Crippen LogP) is 2.85. The van der Waals surface area contributed by atoms with Gasteiger partial charge in [-0.2, -0.15) is 0 Å². The second kappa shape index (κ2) is 8.79. The van der Waals surface area contributed by atoms with Crippen LogP contribution in [0.4, 0.5) is 0 Å². The number of hydrogen-bond donors (Lipinski definition) is 2. The summed E-state index contributed by atoms with van der Waals surface area (Å²) in [7, 11) is -4.49. The first kappa shape index (κ1) is 19.9. The van der Waals surface area contributed by atoms with Crippen molar-refractivity contribution in [2.24, 2.45) is 0 Å². The van der Waals surface area contributed by atoms with Crippen molar-refractivity contribution < 1.29 is 19.1 Å². The van der Waals surface area contributed by atoms with E-state index in [-0.39, 0.29) is 6.61 Å². The zero-order chi connectivity index (χ0) is 18.9. The number of aldehydes is 1. The standard InChI is InChI=1S/C14H17O3P.C6H5NO/c1-2-17-18(15,16,13-9-5-3-6-10-13)14-11-7-4-8-12-14;8-5-6-2-1-3-7-4-6/h3-12,15-16H,2H2,1H3;1-5H. The van der Waals surface area contributed by atoms with Crippen molar-refractivity contribution >= 4 is 24.2 Å². The number of pyridine rings is 1. The summed E-state index contributed by atoms with van der Waals surface area (Å²) in [5.41, 5.74) is 0.618. The smallest absolute Gasteiger partial charge is 0.151 e. The molecule has 0 spiro atoms. The first-order valence-corrected chi connectivity index (χ1v) is 10.2. The zero-order valence-electron chi connectivity index (χ0n) is 14.5. The number of hydrogen-bond acceptors (Lipinski definition) is 5. The van der Waals surface area contributed by atoms with Crippen LogP contribution in [-0.2, 0) is 4.52 Å². The maximum atomic E-state index is 10.9. The van der Waals surface area contributed by atoms with Crippen LogP contribution in [0.25, 0.3) is 0 Å². The van der Waals surface area contributed by atoms with Gasteiger partial charge in [-0.1, -0.05) is 0 Å². The third-order valence-electron chi connectivity index (χ3n) is 3.64. The summed E-state index contributed by atoms with van der Waals surface area (Å²) in [6.45, 7) is 1.98. The SMILES string of the molecule is CCOP(O)(O)(c1ccccc1)c1ccccc1.O=Cc1cccnc1. The van der Waals surface area contributed by atoms with Crippen molar-refractivity contribution in [3.05, 3.63) is 90.8 Å². The molecular formula is C20H22NO4P. The molecular weight excluding hydrogens is 349 g/mol. The van der Waals surface area contributed by atoms with E-state index in [1.165, 1.54) is 6.20 Å². The van der Waals surface area contributed by atoms with Crippen molar-refractivity contribution in [1.82, 2.24) is 4.98 Å². The monoisotopic (exact) mass is 371 g/mol. The van der Waals surface area contributed by atoms with Crippen LogP contribution in [0.1, 0.15) is 17.3 Å². The average Bonchev–Trinajstić information content (AvgIpc) is 2.71. The van der Waals surface area contributed by atoms with Gasteiger partial charge in [0.1, 0.15) is 0 Å². The Morgan fingerprint density at radius 3 is 1.81 bits per heavy atom. The fourth-order valence-electron chi connectivity index (χ4n) is 2.38. The third-order valence-corrected chi connectivity index (χ3v) is 6.84. The van der Waals surface area contributed by atoms with E-state index in [0.29, 0.717) is 16.2 Å². The summed E-state index contributed by atoms with van der Waals surface area (Å²) in [6, 6.07) is 20.9. The molecule has 0 aliphatic heterocycles. The Morgan fingerprint density at radius 1 is 0.923 bits per heavy atom. The normalized spacial score (nSPS) is 12.2. The Labute approximate surface area is 153 Å². The van der Waals surface area contributed by atoms with Crippen LogP contribution in [-0.4, -0.2) is 27.7 Å². The van der Waals surface area contributed by atoms with Crippen molar-refractivity contribution in [2.75, 3.05) is 6.61 Å². The summed E-state index contributed by atoms with van der Waals surface area (Å²) in [4.78, 5) is 35.5. The fourth-order valence-corrected chi connectivity index (χ4v) is 4.89. The second-order valence-corrected chi connectivity index (χ2v) is 8.63. The average molecular weight is 371 g/mol. The van der Waals surface area contributed by atoms with Gasteiger partial charge in [0.15, 0.2) is 6.29 Å². The van der Waals surface area contributed by atoms with Gasteiger partial charge in [-0.3, -0.25) is 9.78 Å². The molecule has 1 heterocycles. The molecule has 6 heteroatoms. The van der Waals surface area contributed by atoms with E-state index in [1.54, 1.807) is 73.8 Å². The van der Waals surface area contributed by atoms with Crippen LogP contribution < -0.4 is 10.6 Å². The minimum absolute atomic E-state index is 0.231. The molecule has 0 saturated carbocycles. The Kier molecular flexibility index (Phi) is 6.72. The molecule has 26 heavy (non-hydrogen) atoms. The summed E-state index contributed by atoms with van der Waals surface area (Å²) in [5.74, 6) is 0. The Balaban J connectivity index is 0.000000254. The largest absolute Gasteiger partial charge is 0.298 e. The molecule has 2 N–H and O–H groups in total. The Bertz CT molecular complexity index is 767. The predicted molar refractivity (Wildman–Crippen MR) is 105 cm³/mol. The van der Waals surface area contributed by atoms with Crippen LogP contribution in [0.5, 0.6) is 0 Å². The topological polar surface area (TPSA) is 79.6 Å². The number of carbonyl (C=O) groups excluding carboxylic acids is 1. The molecule has 0 unspecified atom stereocenters. The van der Waals surface area contributed by atoms with Crippen molar-refractivity contribution in [3.8, 4) is 0 Å². The van der Waals surface area contributed by atoms with E-state index >= 15 is 0 Å². The first-order chi connectivity index (χ1) is 12.5. The van der Waals surface area contributed by atoms with Crippen molar-refractivity contribution in [3.63, 3.8) is 0 Å². The minimum Gasteiger partial charge on any atom is -0.298 e. The maximum absolute atomic E-state index is 10.9. The molecule has 2 aromatic carbocycles. The van der Waals surface area contributed by atoms with E-state index in [4.69, 9.17) is 4.52 Å². The molecule has 0 fully saturated rings. The van der Waals surface area contributed by atoms with E-state index in [1.807, 2.05) is 12.1 Å². The molecule has 136 valence electrons. The summed E-state index contributed by atoms with van der Waals surface area (Å²) in [5, 5.41) is 0.827. The van der Waals surface area contributed by atoms with Crippen molar-refractivity contribution in [1.29, 1.82) is 0 Å². The van der Waals surface area contributed by atoms with E-state index in [2.05, 4.69) is 4.98 Å². The zero-order valence-corrected chi connectivity index (χ0v) is 15.4. The number of nitrogens with zero attached hydrogens (tertiary/aromatic N) is 1.